The van der Waals surface area contributed by atoms with E-state index in [4.69, 9.17) is 9.47 Å². The number of ether oxygens (including phenoxy) is 2. The first kappa shape index (κ1) is 15.8. The van der Waals surface area contributed by atoms with Gasteiger partial charge in [0.15, 0.2) is 0 Å². The molecule has 2 atom stereocenters. The number of benzene rings is 2. The highest BCUT2D eigenvalue weighted by molar-refractivity contribution is 5.40. The predicted octanol–water partition coefficient (Wildman–Crippen LogP) is 3.74. The largest absolute Gasteiger partial charge is 0.497 e. The van der Waals surface area contributed by atoms with Crippen molar-refractivity contribution in [3.63, 3.8) is 0 Å². The highest BCUT2D eigenvalue weighted by atomic mass is 19.1. The maximum absolute atomic E-state index is 13.5. The smallest absolute Gasteiger partial charge is 0.123 e. The summed E-state index contributed by atoms with van der Waals surface area (Å²) in [7, 11) is 3.31. The lowest BCUT2D eigenvalue weighted by Crippen LogP contribution is -2.16. The second kappa shape index (κ2) is 7.01. The van der Waals surface area contributed by atoms with Gasteiger partial charge in [-0.25, -0.2) is 4.39 Å². The summed E-state index contributed by atoms with van der Waals surface area (Å²) in [4.78, 5) is 0. The second-order valence-corrected chi connectivity index (χ2v) is 5.97. The molecule has 23 heavy (non-hydrogen) atoms. The third-order valence-corrected chi connectivity index (χ3v) is 4.38. The molecule has 2 aromatic rings. The van der Waals surface area contributed by atoms with Crippen LogP contribution < -0.4 is 14.8 Å². The Balaban J connectivity index is 1.53. The third-order valence-electron chi connectivity index (χ3n) is 4.38. The number of methoxy groups -OCH3 is 2. The molecule has 0 radical (unpaired) electrons. The van der Waals surface area contributed by atoms with Gasteiger partial charge in [-0.1, -0.05) is 12.1 Å². The van der Waals surface area contributed by atoms with Gasteiger partial charge in [-0.05, 0) is 60.7 Å². The van der Waals surface area contributed by atoms with Gasteiger partial charge in [-0.3, -0.25) is 0 Å². The third kappa shape index (κ3) is 3.82. The number of rotatable bonds is 7. The molecule has 4 heteroatoms. The Morgan fingerprint density at radius 2 is 2.00 bits per heavy atom. The normalized spacial score (nSPS) is 19.4. The van der Waals surface area contributed by atoms with Crippen molar-refractivity contribution < 1.29 is 13.9 Å². The molecule has 0 aliphatic heterocycles. The van der Waals surface area contributed by atoms with Gasteiger partial charge in [-0.15, -0.1) is 0 Å². The van der Waals surface area contributed by atoms with E-state index in [1.165, 1.54) is 11.6 Å². The minimum Gasteiger partial charge on any atom is -0.497 e. The van der Waals surface area contributed by atoms with Gasteiger partial charge in [0.1, 0.15) is 17.3 Å². The molecular weight excluding hydrogens is 293 g/mol. The van der Waals surface area contributed by atoms with Crippen LogP contribution in [0.2, 0.25) is 0 Å². The molecule has 1 aliphatic carbocycles. The van der Waals surface area contributed by atoms with Crippen LogP contribution in [0.5, 0.6) is 11.5 Å². The van der Waals surface area contributed by atoms with E-state index in [-0.39, 0.29) is 5.82 Å². The van der Waals surface area contributed by atoms with Gasteiger partial charge < -0.3 is 14.8 Å². The highest BCUT2D eigenvalue weighted by Crippen LogP contribution is 2.50. The summed E-state index contributed by atoms with van der Waals surface area (Å²) < 4.78 is 24.0. The minimum absolute atomic E-state index is 0.198. The minimum atomic E-state index is -0.198. The van der Waals surface area contributed by atoms with Crippen LogP contribution in [0.4, 0.5) is 4.39 Å². The topological polar surface area (TPSA) is 30.5 Å². The Bertz CT molecular complexity index is 674. The van der Waals surface area contributed by atoms with Crippen LogP contribution in [0.25, 0.3) is 0 Å². The molecule has 0 bridgehead atoms. The van der Waals surface area contributed by atoms with Crippen LogP contribution >= 0.6 is 0 Å². The maximum Gasteiger partial charge on any atom is 0.123 e. The first-order chi connectivity index (χ1) is 11.2. The van der Waals surface area contributed by atoms with Crippen molar-refractivity contribution in [3.8, 4) is 11.5 Å². The van der Waals surface area contributed by atoms with E-state index in [9.17, 15) is 4.39 Å². The average molecular weight is 315 g/mol. The van der Waals surface area contributed by atoms with Crippen LogP contribution in [0.3, 0.4) is 0 Å². The number of hydrogen-bond donors (Lipinski definition) is 1. The van der Waals surface area contributed by atoms with Crippen molar-refractivity contribution in [3.05, 3.63) is 59.4 Å². The molecule has 122 valence electrons. The average Bonchev–Trinajstić information content (AvgIpc) is 3.34. The van der Waals surface area contributed by atoms with Crippen molar-refractivity contribution in [2.45, 2.75) is 18.9 Å². The molecule has 1 N–H and O–H groups in total. The lowest BCUT2D eigenvalue weighted by Gasteiger charge is -2.09. The van der Waals surface area contributed by atoms with Gasteiger partial charge in [0, 0.05) is 12.1 Å². The molecule has 0 aromatic heterocycles. The summed E-state index contributed by atoms with van der Waals surface area (Å²) in [6, 6.07) is 12.8. The number of halogens is 1. The fourth-order valence-corrected chi connectivity index (χ4v) is 3.03. The fraction of sp³-hybridized carbons (Fsp3) is 0.368. The molecule has 0 unspecified atom stereocenters. The Labute approximate surface area is 136 Å². The molecule has 0 spiro atoms. The molecule has 3 nitrogen and oxygen atoms in total. The lowest BCUT2D eigenvalue weighted by molar-refractivity contribution is 0.407. The summed E-state index contributed by atoms with van der Waals surface area (Å²) in [5, 5.41) is 3.48. The summed E-state index contributed by atoms with van der Waals surface area (Å²) in [5.74, 6) is 2.38. The van der Waals surface area contributed by atoms with Gasteiger partial charge in [0.2, 0.25) is 0 Å². The van der Waals surface area contributed by atoms with E-state index in [1.807, 2.05) is 18.2 Å². The van der Waals surface area contributed by atoms with Gasteiger partial charge in [0.25, 0.3) is 0 Å². The van der Waals surface area contributed by atoms with Crippen molar-refractivity contribution in [2.24, 2.45) is 5.92 Å². The Kier molecular flexibility index (Phi) is 4.82. The van der Waals surface area contributed by atoms with E-state index in [1.54, 1.807) is 26.4 Å². The monoisotopic (exact) mass is 315 g/mol. The van der Waals surface area contributed by atoms with Crippen molar-refractivity contribution in [1.29, 1.82) is 0 Å². The van der Waals surface area contributed by atoms with Crippen LogP contribution in [0.15, 0.2) is 42.5 Å². The van der Waals surface area contributed by atoms with Crippen LogP contribution in [0, 0.1) is 11.7 Å². The molecule has 2 aromatic carbocycles. The standard InChI is InChI=1S/C19H22FNO2/c1-22-16-5-3-4-13(8-16)11-21-12-14-9-17(14)18-10-15(20)6-7-19(18)23-2/h3-8,10,14,17,21H,9,11-12H2,1-2H3/t14-,17+/m1/s1. The molecular formula is C19H22FNO2. The zero-order valence-corrected chi connectivity index (χ0v) is 13.5. The zero-order valence-electron chi connectivity index (χ0n) is 13.5. The second-order valence-electron chi connectivity index (χ2n) is 5.97. The molecule has 0 heterocycles. The van der Waals surface area contributed by atoms with Crippen molar-refractivity contribution in [2.75, 3.05) is 20.8 Å². The van der Waals surface area contributed by atoms with Crippen molar-refractivity contribution in [1.82, 2.24) is 5.32 Å². The fourth-order valence-electron chi connectivity index (χ4n) is 3.03. The predicted molar refractivity (Wildman–Crippen MR) is 88.5 cm³/mol. The summed E-state index contributed by atoms with van der Waals surface area (Å²) >= 11 is 0. The summed E-state index contributed by atoms with van der Waals surface area (Å²) in [6.07, 6.45) is 1.07. The highest BCUT2D eigenvalue weighted by Gasteiger charge is 2.39. The van der Waals surface area contributed by atoms with E-state index < -0.39 is 0 Å². The zero-order chi connectivity index (χ0) is 16.2. The SMILES string of the molecule is COc1cccc(CNC[C@H]2C[C@@H]2c2cc(F)ccc2OC)c1. The van der Waals surface area contributed by atoms with Crippen LogP contribution in [-0.4, -0.2) is 20.8 Å². The summed E-state index contributed by atoms with van der Waals surface area (Å²) in [6.45, 7) is 1.72. The van der Waals surface area contributed by atoms with E-state index in [0.29, 0.717) is 11.8 Å². The maximum atomic E-state index is 13.5. The Morgan fingerprint density at radius 1 is 1.13 bits per heavy atom. The first-order valence-electron chi connectivity index (χ1n) is 7.88. The van der Waals surface area contributed by atoms with Gasteiger partial charge in [-0.2, -0.15) is 0 Å². The van der Waals surface area contributed by atoms with Crippen molar-refractivity contribution >= 4 is 0 Å². The number of nitrogens with one attached hydrogen (secondary N) is 1. The molecule has 1 fully saturated rings. The Hall–Kier alpha value is -2.07. The Morgan fingerprint density at radius 3 is 2.78 bits per heavy atom. The molecule has 0 saturated heterocycles. The van der Waals surface area contributed by atoms with E-state index in [2.05, 4.69) is 11.4 Å². The van der Waals surface area contributed by atoms with Gasteiger partial charge in [0.05, 0.1) is 14.2 Å². The lowest BCUT2D eigenvalue weighted by atomic mass is 10.1. The van der Waals surface area contributed by atoms with Crippen LogP contribution in [0.1, 0.15) is 23.5 Å². The summed E-state index contributed by atoms with van der Waals surface area (Å²) in [5.41, 5.74) is 2.19. The molecule has 1 aliphatic rings. The van der Waals surface area contributed by atoms with E-state index >= 15 is 0 Å². The molecule has 3 rings (SSSR count). The quantitative estimate of drug-likeness (QED) is 0.844. The van der Waals surface area contributed by atoms with Crippen LogP contribution in [-0.2, 0) is 6.54 Å². The molecule has 1 saturated carbocycles. The van der Waals surface area contributed by atoms with E-state index in [0.717, 1.165) is 36.6 Å². The molecule has 0 amide bonds. The number of hydrogen-bond acceptors (Lipinski definition) is 3. The first-order valence-corrected chi connectivity index (χ1v) is 7.88. The van der Waals surface area contributed by atoms with Gasteiger partial charge >= 0.3 is 0 Å².